The maximum absolute atomic E-state index is 13.0. The normalized spacial score (nSPS) is 18.0. The van der Waals surface area contributed by atoms with Crippen molar-refractivity contribution in [2.45, 2.75) is 32.6 Å². The molecule has 8 heteroatoms. The Balaban J connectivity index is 1.41. The molecule has 0 saturated carbocycles. The van der Waals surface area contributed by atoms with Crippen LogP contribution < -0.4 is 10.1 Å². The lowest BCUT2D eigenvalue weighted by molar-refractivity contribution is -0.124. The van der Waals surface area contributed by atoms with Crippen molar-refractivity contribution in [3.8, 4) is 5.75 Å². The maximum Gasteiger partial charge on any atom is 0.337 e. The molecule has 0 spiro atoms. The lowest BCUT2D eigenvalue weighted by atomic mass is 9.90. The first-order valence-corrected chi connectivity index (χ1v) is 12.1. The predicted molar refractivity (Wildman–Crippen MR) is 132 cm³/mol. The molecule has 188 valence electrons. The van der Waals surface area contributed by atoms with E-state index in [4.69, 9.17) is 14.0 Å². The summed E-state index contributed by atoms with van der Waals surface area (Å²) >= 11 is 0. The molecule has 1 aromatic heterocycles. The summed E-state index contributed by atoms with van der Waals surface area (Å²) < 4.78 is 16.1. The van der Waals surface area contributed by atoms with Gasteiger partial charge in [0.05, 0.1) is 25.2 Å². The minimum Gasteiger partial charge on any atom is -0.492 e. The van der Waals surface area contributed by atoms with Crippen LogP contribution in [0, 0.1) is 11.8 Å². The first kappa shape index (κ1) is 25.2. The molecule has 8 nitrogen and oxygen atoms in total. The quantitative estimate of drug-likeness (QED) is 0.520. The first-order valence-electron chi connectivity index (χ1n) is 12.1. The second-order valence-electron chi connectivity index (χ2n) is 9.19. The number of nitrogens with zero attached hydrogens (tertiary/aromatic N) is 1. The van der Waals surface area contributed by atoms with E-state index < -0.39 is 17.8 Å². The van der Waals surface area contributed by atoms with Crippen LogP contribution in [0.1, 0.15) is 57.5 Å². The zero-order valence-electron chi connectivity index (χ0n) is 20.5. The number of aromatic nitrogens is 1. The molecule has 0 aliphatic carbocycles. The van der Waals surface area contributed by atoms with E-state index in [1.807, 2.05) is 37.3 Å². The Morgan fingerprint density at radius 3 is 2.72 bits per heavy atom. The second-order valence-corrected chi connectivity index (χ2v) is 9.19. The van der Waals surface area contributed by atoms with Gasteiger partial charge in [0.2, 0.25) is 0 Å². The molecule has 2 aromatic carbocycles. The third-order valence-electron chi connectivity index (χ3n) is 6.35. The fourth-order valence-electron chi connectivity index (χ4n) is 4.24. The number of carbonyl (C=O) groups excluding carboxylic acids is 3. The van der Waals surface area contributed by atoms with Gasteiger partial charge in [0, 0.05) is 25.5 Å². The summed E-state index contributed by atoms with van der Waals surface area (Å²) in [5.74, 6) is 0.0851. The zero-order valence-corrected chi connectivity index (χ0v) is 20.5. The van der Waals surface area contributed by atoms with Crippen molar-refractivity contribution in [2.75, 3.05) is 20.3 Å². The Morgan fingerprint density at radius 1 is 1.14 bits per heavy atom. The number of Topliss-reactive ketones (excluding diaryl/α,β-unsaturated/α-hetero) is 1. The summed E-state index contributed by atoms with van der Waals surface area (Å²) in [6.45, 7) is 2.28. The molecule has 1 N–H and O–H groups in total. The van der Waals surface area contributed by atoms with E-state index in [2.05, 4.69) is 10.5 Å². The number of benzene rings is 2. The van der Waals surface area contributed by atoms with Gasteiger partial charge in [-0.15, -0.1) is 0 Å². The fraction of sp³-hybridized carbons (Fsp3) is 0.357. The monoisotopic (exact) mass is 490 g/mol. The molecule has 0 radical (unpaired) electrons. The number of nitrogens with one attached hydrogen (secondary N) is 1. The van der Waals surface area contributed by atoms with Gasteiger partial charge < -0.3 is 19.3 Å². The Kier molecular flexibility index (Phi) is 8.15. The largest absolute Gasteiger partial charge is 0.492 e. The number of esters is 1. The van der Waals surface area contributed by atoms with Crippen LogP contribution in [0.15, 0.2) is 59.1 Å². The van der Waals surface area contributed by atoms with Gasteiger partial charge in [-0.05, 0) is 48.1 Å². The molecular formula is C28H30N2O6. The average Bonchev–Trinajstić information content (AvgIpc) is 3.36. The summed E-state index contributed by atoms with van der Waals surface area (Å²) in [4.78, 5) is 37.6. The van der Waals surface area contributed by atoms with Crippen LogP contribution >= 0.6 is 0 Å². The van der Waals surface area contributed by atoms with E-state index in [0.717, 1.165) is 17.5 Å². The highest BCUT2D eigenvalue weighted by Crippen LogP contribution is 2.27. The van der Waals surface area contributed by atoms with Crippen molar-refractivity contribution in [1.29, 1.82) is 0 Å². The van der Waals surface area contributed by atoms with Crippen LogP contribution in [-0.2, 0) is 22.4 Å². The molecule has 0 fully saturated rings. The van der Waals surface area contributed by atoms with E-state index in [1.165, 1.54) is 7.11 Å². The Morgan fingerprint density at radius 2 is 1.94 bits per heavy atom. The lowest BCUT2D eigenvalue weighted by Crippen LogP contribution is -2.37. The van der Waals surface area contributed by atoms with Gasteiger partial charge in [0.25, 0.3) is 5.91 Å². The van der Waals surface area contributed by atoms with Gasteiger partial charge in [-0.2, -0.15) is 0 Å². The summed E-state index contributed by atoms with van der Waals surface area (Å²) in [5.41, 5.74) is 2.58. The van der Waals surface area contributed by atoms with Crippen LogP contribution in [0.25, 0.3) is 0 Å². The number of hydrogen-bond donors (Lipinski definition) is 1. The standard InChI is InChI=1S/C28H30N2O6/c1-18-8-9-20-14-21(28(33)34-2)10-11-26(20)35-17-22(25(31)12-18)16-29-27(32)24-15-23(36-30-24)13-19-6-4-3-5-7-19/h3-7,10-11,14-15,18,22H,8-9,12-13,16-17H2,1-2H3,(H,29,32). The second kappa shape index (κ2) is 11.7. The van der Waals surface area contributed by atoms with Gasteiger partial charge >= 0.3 is 5.97 Å². The van der Waals surface area contributed by atoms with Gasteiger partial charge in [-0.3, -0.25) is 9.59 Å². The highest BCUT2D eigenvalue weighted by Gasteiger charge is 2.25. The number of fused-ring (bicyclic) bond motifs is 1. The summed E-state index contributed by atoms with van der Waals surface area (Å²) in [7, 11) is 1.35. The van der Waals surface area contributed by atoms with E-state index in [-0.39, 0.29) is 30.5 Å². The van der Waals surface area contributed by atoms with Crippen LogP contribution in [-0.4, -0.2) is 43.1 Å². The highest BCUT2D eigenvalue weighted by molar-refractivity contribution is 5.92. The number of aryl methyl sites for hydroxylation is 1. The molecule has 0 bridgehead atoms. The molecule has 36 heavy (non-hydrogen) atoms. The van der Waals surface area contributed by atoms with E-state index >= 15 is 0 Å². The Hall–Kier alpha value is -3.94. The average molecular weight is 491 g/mol. The van der Waals surface area contributed by atoms with Crippen molar-refractivity contribution < 1.29 is 28.4 Å². The van der Waals surface area contributed by atoms with Crippen molar-refractivity contribution in [3.05, 3.63) is 82.7 Å². The minimum atomic E-state index is -0.515. The van der Waals surface area contributed by atoms with Crippen LogP contribution in [0.4, 0.5) is 0 Å². The van der Waals surface area contributed by atoms with Crippen molar-refractivity contribution in [1.82, 2.24) is 10.5 Å². The fourth-order valence-corrected chi connectivity index (χ4v) is 4.24. The molecule has 4 rings (SSSR count). The maximum atomic E-state index is 13.0. The molecule has 1 amide bonds. The van der Waals surface area contributed by atoms with Gasteiger partial charge in [-0.25, -0.2) is 4.79 Å². The third-order valence-corrected chi connectivity index (χ3v) is 6.35. The number of ether oxygens (including phenoxy) is 2. The van der Waals surface area contributed by atoms with Gasteiger partial charge in [-0.1, -0.05) is 42.4 Å². The number of amides is 1. The molecule has 1 aliphatic heterocycles. The first-order chi connectivity index (χ1) is 17.4. The predicted octanol–water partition coefficient (Wildman–Crippen LogP) is 4.02. The summed E-state index contributed by atoms with van der Waals surface area (Å²) in [6.07, 6.45) is 2.38. The van der Waals surface area contributed by atoms with Gasteiger partial charge in [0.1, 0.15) is 17.3 Å². The van der Waals surface area contributed by atoms with Crippen LogP contribution in [0.5, 0.6) is 5.75 Å². The molecule has 2 unspecified atom stereocenters. The molecule has 2 heterocycles. The minimum absolute atomic E-state index is 0.0438. The van der Waals surface area contributed by atoms with E-state index in [1.54, 1.807) is 24.3 Å². The van der Waals surface area contributed by atoms with Crippen molar-refractivity contribution in [2.24, 2.45) is 11.8 Å². The van der Waals surface area contributed by atoms with Crippen LogP contribution in [0.2, 0.25) is 0 Å². The zero-order chi connectivity index (χ0) is 25.5. The number of methoxy groups -OCH3 is 1. The SMILES string of the molecule is COC(=O)c1ccc2c(c1)CCC(C)CC(=O)C(CNC(=O)c1cc(Cc3ccccc3)on1)CO2. The summed E-state index contributed by atoms with van der Waals surface area (Å²) in [5, 5.41) is 6.69. The number of carbonyl (C=O) groups is 3. The molecule has 3 aromatic rings. The molecule has 1 aliphatic rings. The highest BCUT2D eigenvalue weighted by atomic mass is 16.5. The number of hydrogen-bond acceptors (Lipinski definition) is 7. The van der Waals surface area contributed by atoms with Crippen molar-refractivity contribution >= 4 is 17.7 Å². The topological polar surface area (TPSA) is 108 Å². The van der Waals surface area contributed by atoms with Crippen molar-refractivity contribution in [3.63, 3.8) is 0 Å². The molecular weight excluding hydrogens is 460 g/mol. The van der Waals surface area contributed by atoms with Crippen LogP contribution in [0.3, 0.4) is 0 Å². The number of ketones is 1. The Bertz CT molecular complexity index is 1220. The lowest BCUT2D eigenvalue weighted by Gasteiger charge is -2.23. The smallest absolute Gasteiger partial charge is 0.337 e. The van der Waals surface area contributed by atoms with Gasteiger partial charge in [0.15, 0.2) is 5.69 Å². The Labute approximate surface area is 210 Å². The van der Waals surface area contributed by atoms with E-state index in [9.17, 15) is 14.4 Å². The molecule has 2 atom stereocenters. The number of rotatable bonds is 6. The molecule has 0 saturated heterocycles. The third kappa shape index (κ3) is 6.38. The van der Waals surface area contributed by atoms with E-state index in [0.29, 0.717) is 36.3 Å². The summed E-state index contributed by atoms with van der Waals surface area (Å²) in [6, 6.07) is 16.5.